The van der Waals surface area contributed by atoms with E-state index in [2.05, 4.69) is 17.1 Å². The predicted octanol–water partition coefficient (Wildman–Crippen LogP) is 3.23. The summed E-state index contributed by atoms with van der Waals surface area (Å²) in [5, 5.41) is 3.84. The van der Waals surface area contributed by atoms with E-state index in [0.29, 0.717) is 21.7 Å². The molecular weight excluding hydrogens is 280 g/mol. The fourth-order valence-electron chi connectivity index (χ4n) is 2.27. The third-order valence-corrected chi connectivity index (χ3v) is 3.94. The lowest BCUT2D eigenvalue weighted by Crippen LogP contribution is -2.48. The highest BCUT2D eigenvalue weighted by atomic mass is 35.5. The van der Waals surface area contributed by atoms with Crippen LogP contribution >= 0.6 is 23.8 Å². The fourth-order valence-corrected chi connectivity index (χ4v) is 2.82. The van der Waals surface area contributed by atoms with Crippen LogP contribution in [0, 0.1) is 0 Å². The molecule has 0 radical (unpaired) electrons. The smallest absolute Gasteiger partial charge is 0.257 e. The van der Waals surface area contributed by atoms with Crippen LogP contribution in [0.5, 0.6) is 0 Å². The summed E-state index contributed by atoms with van der Waals surface area (Å²) in [6, 6.07) is 7.25. The highest BCUT2D eigenvalue weighted by Crippen LogP contribution is 2.16. The molecule has 1 aliphatic heterocycles. The van der Waals surface area contributed by atoms with E-state index in [4.69, 9.17) is 23.8 Å². The highest BCUT2D eigenvalue weighted by molar-refractivity contribution is 7.80. The lowest BCUT2D eigenvalue weighted by Gasteiger charge is -2.35. The third kappa shape index (κ3) is 3.67. The van der Waals surface area contributed by atoms with Crippen molar-refractivity contribution < 1.29 is 4.79 Å². The minimum atomic E-state index is -0.203. The SMILES string of the molecule is CC1CCCCN1C(=S)NC(=O)c1cccc(Cl)c1. The zero-order valence-corrected chi connectivity index (χ0v) is 12.4. The van der Waals surface area contributed by atoms with E-state index in [1.165, 1.54) is 6.42 Å². The van der Waals surface area contributed by atoms with Crippen molar-refractivity contribution >= 4 is 34.8 Å². The Balaban J connectivity index is 2.00. The van der Waals surface area contributed by atoms with Crippen LogP contribution in [-0.4, -0.2) is 28.5 Å². The zero-order chi connectivity index (χ0) is 13.8. The fraction of sp³-hybridized carbons (Fsp3) is 0.429. The lowest BCUT2D eigenvalue weighted by molar-refractivity contribution is 0.0970. The summed E-state index contributed by atoms with van der Waals surface area (Å²) in [7, 11) is 0. The molecule has 2 rings (SSSR count). The molecule has 3 nitrogen and oxygen atoms in total. The summed E-state index contributed by atoms with van der Waals surface area (Å²) in [5.74, 6) is -0.203. The summed E-state index contributed by atoms with van der Waals surface area (Å²) < 4.78 is 0. The standard InChI is InChI=1S/C14H17ClN2OS/c1-10-5-2-3-8-17(10)14(19)16-13(18)11-6-4-7-12(15)9-11/h4,6-7,9-10H,2-3,5,8H2,1H3,(H,16,18,19). The number of likely N-dealkylation sites (tertiary alicyclic amines) is 1. The number of hydrogen-bond donors (Lipinski definition) is 1. The van der Waals surface area contributed by atoms with E-state index >= 15 is 0 Å². The second-order valence-corrected chi connectivity index (χ2v) is 5.63. The van der Waals surface area contributed by atoms with Crippen LogP contribution in [0.4, 0.5) is 0 Å². The van der Waals surface area contributed by atoms with E-state index in [1.807, 2.05) is 0 Å². The van der Waals surface area contributed by atoms with E-state index in [-0.39, 0.29) is 5.91 Å². The van der Waals surface area contributed by atoms with Crippen molar-refractivity contribution in [3.8, 4) is 0 Å². The number of piperidine rings is 1. The molecule has 1 amide bonds. The summed E-state index contributed by atoms with van der Waals surface area (Å²) >= 11 is 11.2. The Morgan fingerprint density at radius 2 is 2.26 bits per heavy atom. The van der Waals surface area contributed by atoms with E-state index in [9.17, 15) is 4.79 Å². The van der Waals surface area contributed by atoms with Gasteiger partial charge < -0.3 is 4.90 Å². The molecule has 0 aliphatic carbocycles. The molecule has 0 spiro atoms. The quantitative estimate of drug-likeness (QED) is 0.808. The van der Waals surface area contributed by atoms with Gasteiger partial charge in [0.1, 0.15) is 0 Å². The molecule has 1 fully saturated rings. The molecule has 5 heteroatoms. The first-order chi connectivity index (χ1) is 9.08. The first-order valence-corrected chi connectivity index (χ1v) is 7.24. The van der Waals surface area contributed by atoms with Gasteiger partial charge in [0.2, 0.25) is 0 Å². The maximum atomic E-state index is 12.1. The van der Waals surface area contributed by atoms with Crippen LogP contribution in [0.3, 0.4) is 0 Å². The van der Waals surface area contributed by atoms with Gasteiger partial charge in [-0.2, -0.15) is 0 Å². The van der Waals surface area contributed by atoms with Gasteiger partial charge in [-0.3, -0.25) is 10.1 Å². The van der Waals surface area contributed by atoms with Crippen LogP contribution in [0.15, 0.2) is 24.3 Å². The molecule has 19 heavy (non-hydrogen) atoms. The molecule has 1 aliphatic rings. The van der Waals surface area contributed by atoms with Crippen molar-refractivity contribution in [2.45, 2.75) is 32.2 Å². The number of halogens is 1. The van der Waals surface area contributed by atoms with Gasteiger partial charge >= 0.3 is 0 Å². The van der Waals surface area contributed by atoms with E-state index < -0.39 is 0 Å². The van der Waals surface area contributed by atoms with Gasteiger partial charge in [0.15, 0.2) is 5.11 Å². The summed E-state index contributed by atoms with van der Waals surface area (Å²) in [6.45, 7) is 3.05. The number of nitrogens with zero attached hydrogens (tertiary/aromatic N) is 1. The van der Waals surface area contributed by atoms with Crippen molar-refractivity contribution in [2.75, 3.05) is 6.54 Å². The van der Waals surface area contributed by atoms with Crippen LogP contribution in [0.1, 0.15) is 36.5 Å². The number of carbonyl (C=O) groups is 1. The molecule has 1 heterocycles. The summed E-state index contributed by atoms with van der Waals surface area (Å²) in [4.78, 5) is 14.2. The molecule has 1 aromatic rings. The van der Waals surface area contributed by atoms with Gasteiger partial charge in [0.05, 0.1) is 0 Å². The number of hydrogen-bond acceptors (Lipinski definition) is 2. The predicted molar refractivity (Wildman–Crippen MR) is 81.5 cm³/mol. The molecule has 0 saturated carbocycles. The first-order valence-electron chi connectivity index (χ1n) is 6.45. The van der Waals surface area contributed by atoms with Crippen molar-refractivity contribution in [3.63, 3.8) is 0 Å². The Hall–Kier alpha value is -1.13. The Morgan fingerprint density at radius 3 is 2.95 bits per heavy atom. The van der Waals surface area contributed by atoms with E-state index in [0.717, 1.165) is 19.4 Å². The first kappa shape index (κ1) is 14.3. The zero-order valence-electron chi connectivity index (χ0n) is 10.9. The minimum absolute atomic E-state index is 0.203. The van der Waals surface area contributed by atoms with Crippen molar-refractivity contribution in [1.82, 2.24) is 10.2 Å². The van der Waals surface area contributed by atoms with Gasteiger partial charge in [-0.25, -0.2) is 0 Å². The Kier molecular flexibility index (Phi) is 4.77. The second-order valence-electron chi connectivity index (χ2n) is 4.81. The van der Waals surface area contributed by atoms with Crippen LogP contribution < -0.4 is 5.32 Å². The van der Waals surface area contributed by atoms with Gasteiger partial charge in [0.25, 0.3) is 5.91 Å². The molecule has 1 atom stereocenters. The topological polar surface area (TPSA) is 32.3 Å². The van der Waals surface area contributed by atoms with Gasteiger partial charge in [-0.15, -0.1) is 0 Å². The average Bonchev–Trinajstić information content (AvgIpc) is 2.39. The molecule has 0 aromatic heterocycles. The number of rotatable bonds is 1. The summed E-state index contributed by atoms with van der Waals surface area (Å²) in [5.41, 5.74) is 0.527. The molecule has 0 bridgehead atoms. The molecule has 1 N–H and O–H groups in total. The highest BCUT2D eigenvalue weighted by Gasteiger charge is 2.22. The average molecular weight is 297 g/mol. The Labute approximate surface area is 123 Å². The number of thiocarbonyl (C=S) groups is 1. The third-order valence-electron chi connectivity index (χ3n) is 3.37. The van der Waals surface area contributed by atoms with Gasteiger partial charge in [0, 0.05) is 23.2 Å². The van der Waals surface area contributed by atoms with Crippen LogP contribution in [0.25, 0.3) is 0 Å². The number of amides is 1. The molecule has 102 valence electrons. The van der Waals surface area contributed by atoms with Crippen molar-refractivity contribution in [2.24, 2.45) is 0 Å². The minimum Gasteiger partial charge on any atom is -0.346 e. The van der Waals surface area contributed by atoms with Crippen molar-refractivity contribution in [1.29, 1.82) is 0 Å². The molecule has 1 unspecified atom stereocenters. The molecule has 1 saturated heterocycles. The number of nitrogens with one attached hydrogen (secondary N) is 1. The number of benzene rings is 1. The Bertz CT molecular complexity index is 492. The monoisotopic (exact) mass is 296 g/mol. The van der Waals surface area contributed by atoms with Gasteiger partial charge in [-0.05, 0) is 56.6 Å². The number of carbonyl (C=O) groups excluding carboxylic acids is 1. The van der Waals surface area contributed by atoms with Crippen LogP contribution in [-0.2, 0) is 0 Å². The molecule has 1 aromatic carbocycles. The maximum Gasteiger partial charge on any atom is 0.257 e. The Morgan fingerprint density at radius 1 is 1.47 bits per heavy atom. The largest absolute Gasteiger partial charge is 0.346 e. The van der Waals surface area contributed by atoms with Crippen LogP contribution in [0.2, 0.25) is 5.02 Å². The lowest BCUT2D eigenvalue weighted by atomic mass is 10.0. The molecular formula is C14H17ClN2OS. The maximum absolute atomic E-state index is 12.1. The van der Waals surface area contributed by atoms with E-state index in [1.54, 1.807) is 24.3 Å². The second kappa shape index (κ2) is 6.35. The normalized spacial score (nSPS) is 19.1. The van der Waals surface area contributed by atoms with Gasteiger partial charge in [-0.1, -0.05) is 17.7 Å². The summed E-state index contributed by atoms with van der Waals surface area (Å²) in [6.07, 6.45) is 3.47. The van der Waals surface area contributed by atoms with Crippen molar-refractivity contribution in [3.05, 3.63) is 34.9 Å².